The van der Waals surface area contributed by atoms with Gasteiger partial charge in [-0.05, 0) is 0 Å². The van der Waals surface area contributed by atoms with Crippen molar-refractivity contribution in [3.63, 3.8) is 0 Å². The van der Waals surface area contributed by atoms with Gasteiger partial charge in [-0.3, -0.25) is 9.78 Å². The largest absolute Gasteiger partial charge is 0.492 e. The van der Waals surface area contributed by atoms with E-state index >= 15 is 0 Å². The van der Waals surface area contributed by atoms with Crippen LogP contribution in [0.4, 0.5) is 13.2 Å². The molecule has 0 amide bonds. The zero-order chi connectivity index (χ0) is 12.3. The van der Waals surface area contributed by atoms with Gasteiger partial charge in [0.1, 0.15) is 0 Å². The molecule has 16 heavy (non-hydrogen) atoms. The first-order valence-corrected chi connectivity index (χ1v) is 4.18. The van der Waals surface area contributed by atoms with Crippen LogP contribution in [0.15, 0.2) is 6.20 Å². The van der Waals surface area contributed by atoms with E-state index in [4.69, 9.17) is 5.11 Å². The predicted molar refractivity (Wildman–Crippen MR) is 47.0 cm³/mol. The standard InChI is InChI=1S/C9H8F3NO3/c1-16-8-6(10)4(2-5(14)15)3-13-7(8)9(11)12/h3,9H,2H2,1H3,(H,14,15). The van der Waals surface area contributed by atoms with E-state index in [2.05, 4.69) is 9.72 Å². The Kier molecular flexibility index (Phi) is 3.70. The normalized spacial score (nSPS) is 10.6. The van der Waals surface area contributed by atoms with Crippen molar-refractivity contribution in [2.75, 3.05) is 7.11 Å². The van der Waals surface area contributed by atoms with Gasteiger partial charge in [-0.1, -0.05) is 0 Å². The molecule has 1 N–H and O–H groups in total. The molecule has 0 fully saturated rings. The van der Waals surface area contributed by atoms with Crippen LogP contribution >= 0.6 is 0 Å². The Balaban J connectivity index is 3.23. The predicted octanol–water partition coefficient (Wildman–Crippen LogP) is 1.79. The van der Waals surface area contributed by atoms with Crippen molar-refractivity contribution in [1.29, 1.82) is 0 Å². The molecule has 0 saturated heterocycles. The molecule has 0 aliphatic heterocycles. The summed E-state index contributed by atoms with van der Waals surface area (Å²) in [7, 11) is 1.01. The number of nitrogens with zero attached hydrogens (tertiary/aromatic N) is 1. The number of methoxy groups -OCH3 is 1. The zero-order valence-corrected chi connectivity index (χ0v) is 8.21. The minimum absolute atomic E-state index is 0.297. The monoisotopic (exact) mass is 235 g/mol. The molecule has 0 unspecified atom stereocenters. The van der Waals surface area contributed by atoms with E-state index in [1.54, 1.807) is 0 Å². The second-order valence-corrected chi connectivity index (χ2v) is 2.89. The van der Waals surface area contributed by atoms with Crippen LogP contribution in [0.3, 0.4) is 0 Å². The van der Waals surface area contributed by atoms with Crippen LogP contribution in [0.5, 0.6) is 5.75 Å². The number of rotatable bonds is 4. The van der Waals surface area contributed by atoms with Crippen LogP contribution in [0.2, 0.25) is 0 Å². The van der Waals surface area contributed by atoms with Gasteiger partial charge in [-0.2, -0.15) is 0 Å². The number of pyridine rings is 1. The first-order chi connectivity index (χ1) is 7.47. The minimum Gasteiger partial charge on any atom is -0.492 e. The molecule has 0 atom stereocenters. The number of halogens is 3. The third-order valence-corrected chi connectivity index (χ3v) is 1.83. The van der Waals surface area contributed by atoms with Crippen molar-refractivity contribution >= 4 is 5.97 Å². The quantitative estimate of drug-likeness (QED) is 0.864. The lowest BCUT2D eigenvalue weighted by molar-refractivity contribution is -0.136. The average molecular weight is 235 g/mol. The summed E-state index contributed by atoms with van der Waals surface area (Å²) in [6.45, 7) is 0. The van der Waals surface area contributed by atoms with Gasteiger partial charge in [0, 0.05) is 11.8 Å². The molecule has 88 valence electrons. The maximum absolute atomic E-state index is 13.5. The molecule has 1 rings (SSSR count). The summed E-state index contributed by atoms with van der Waals surface area (Å²) < 4.78 is 42.7. The van der Waals surface area contributed by atoms with Crippen LogP contribution in [-0.4, -0.2) is 23.2 Å². The number of carboxylic acids is 1. The number of aliphatic carboxylic acids is 1. The summed E-state index contributed by atoms with van der Waals surface area (Å²) in [4.78, 5) is 13.6. The number of alkyl halides is 2. The highest BCUT2D eigenvalue weighted by Gasteiger charge is 2.22. The number of aromatic nitrogens is 1. The van der Waals surface area contributed by atoms with Crippen molar-refractivity contribution in [2.24, 2.45) is 0 Å². The summed E-state index contributed by atoms with van der Waals surface area (Å²) in [5.41, 5.74) is -1.14. The van der Waals surface area contributed by atoms with Crippen LogP contribution in [-0.2, 0) is 11.2 Å². The molecule has 1 aromatic heterocycles. The van der Waals surface area contributed by atoms with E-state index in [1.165, 1.54) is 0 Å². The Morgan fingerprint density at radius 2 is 2.25 bits per heavy atom. The van der Waals surface area contributed by atoms with Crippen molar-refractivity contribution in [3.8, 4) is 5.75 Å². The van der Waals surface area contributed by atoms with E-state index in [0.717, 1.165) is 13.3 Å². The topological polar surface area (TPSA) is 59.4 Å². The van der Waals surface area contributed by atoms with E-state index in [-0.39, 0.29) is 5.56 Å². The Bertz CT molecular complexity index is 409. The van der Waals surface area contributed by atoms with Gasteiger partial charge in [-0.25, -0.2) is 13.2 Å². The van der Waals surface area contributed by atoms with Gasteiger partial charge in [0.15, 0.2) is 17.3 Å². The molecule has 0 aromatic carbocycles. The molecule has 0 aliphatic rings. The molecule has 0 aliphatic carbocycles. The third kappa shape index (κ3) is 2.41. The summed E-state index contributed by atoms with van der Waals surface area (Å²) in [5.74, 6) is -3.11. The van der Waals surface area contributed by atoms with Crippen LogP contribution < -0.4 is 4.74 Å². The Morgan fingerprint density at radius 3 is 2.69 bits per heavy atom. The maximum atomic E-state index is 13.5. The molecule has 0 saturated carbocycles. The summed E-state index contributed by atoms with van der Waals surface area (Å²) in [6.07, 6.45) is -2.85. The van der Waals surface area contributed by atoms with Gasteiger partial charge in [-0.15, -0.1) is 0 Å². The number of carbonyl (C=O) groups is 1. The van der Waals surface area contributed by atoms with Crippen molar-refractivity contribution < 1.29 is 27.8 Å². The molecular formula is C9H8F3NO3. The number of hydrogen-bond donors (Lipinski definition) is 1. The van der Waals surface area contributed by atoms with Gasteiger partial charge in [0.25, 0.3) is 6.43 Å². The van der Waals surface area contributed by atoms with Crippen LogP contribution in [0, 0.1) is 5.82 Å². The van der Waals surface area contributed by atoms with Crippen molar-refractivity contribution in [1.82, 2.24) is 4.98 Å². The smallest absolute Gasteiger partial charge is 0.307 e. The number of carboxylic acid groups (broad SMARTS) is 1. The molecule has 1 heterocycles. The van der Waals surface area contributed by atoms with Gasteiger partial charge in [0.2, 0.25) is 0 Å². The molecule has 0 radical (unpaired) electrons. The van der Waals surface area contributed by atoms with Gasteiger partial charge in [0.05, 0.1) is 13.5 Å². The third-order valence-electron chi connectivity index (χ3n) is 1.83. The van der Waals surface area contributed by atoms with E-state index < -0.39 is 36.1 Å². The van der Waals surface area contributed by atoms with E-state index in [0.29, 0.717) is 0 Å². The Morgan fingerprint density at radius 1 is 1.62 bits per heavy atom. The highest BCUT2D eigenvalue weighted by Crippen LogP contribution is 2.30. The first-order valence-electron chi connectivity index (χ1n) is 4.18. The van der Waals surface area contributed by atoms with E-state index in [1.807, 2.05) is 0 Å². The molecule has 0 bridgehead atoms. The summed E-state index contributed by atoms with van der Waals surface area (Å²) in [6, 6.07) is 0. The lowest BCUT2D eigenvalue weighted by Gasteiger charge is -2.10. The van der Waals surface area contributed by atoms with Crippen LogP contribution in [0.25, 0.3) is 0 Å². The lowest BCUT2D eigenvalue weighted by atomic mass is 10.1. The Hall–Kier alpha value is -1.79. The highest BCUT2D eigenvalue weighted by molar-refractivity contribution is 5.70. The number of ether oxygens (including phenoxy) is 1. The van der Waals surface area contributed by atoms with E-state index in [9.17, 15) is 18.0 Å². The maximum Gasteiger partial charge on any atom is 0.307 e. The molecular weight excluding hydrogens is 227 g/mol. The second-order valence-electron chi connectivity index (χ2n) is 2.89. The zero-order valence-electron chi connectivity index (χ0n) is 8.21. The fraction of sp³-hybridized carbons (Fsp3) is 0.333. The average Bonchev–Trinajstić information content (AvgIpc) is 2.19. The van der Waals surface area contributed by atoms with Gasteiger partial charge >= 0.3 is 5.97 Å². The second kappa shape index (κ2) is 4.82. The fourth-order valence-corrected chi connectivity index (χ4v) is 1.16. The number of hydrogen-bond acceptors (Lipinski definition) is 3. The fourth-order valence-electron chi connectivity index (χ4n) is 1.16. The SMILES string of the molecule is COc1c(C(F)F)ncc(CC(=O)O)c1F. The Labute approximate surface area is 88.7 Å². The minimum atomic E-state index is -2.98. The van der Waals surface area contributed by atoms with Crippen LogP contribution in [0.1, 0.15) is 17.7 Å². The highest BCUT2D eigenvalue weighted by atomic mass is 19.3. The summed E-state index contributed by atoms with van der Waals surface area (Å²) in [5, 5.41) is 8.45. The summed E-state index contributed by atoms with van der Waals surface area (Å²) >= 11 is 0. The molecule has 4 nitrogen and oxygen atoms in total. The molecule has 1 aromatic rings. The van der Waals surface area contributed by atoms with Crippen molar-refractivity contribution in [2.45, 2.75) is 12.8 Å². The van der Waals surface area contributed by atoms with Gasteiger partial charge < -0.3 is 9.84 Å². The lowest BCUT2D eigenvalue weighted by Crippen LogP contribution is -2.07. The molecule has 0 spiro atoms. The molecule has 7 heteroatoms. The first kappa shape index (κ1) is 12.3. The van der Waals surface area contributed by atoms with Crippen molar-refractivity contribution in [3.05, 3.63) is 23.3 Å².